The molecule has 1 unspecified atom stereocenters. The van der Waals surface area contributed by atoms with Crippen LogP contribution in [0.15, 0.2) is 48.0 Å². The summed E-state index contributed by atoms with van der Waals surface area (Å²) >= 11 is 0. The maximum absolute atomic E-state index is 13.2. The largest absolute Gasteiger partial charge is 0.507 e. The zero-order chi connectivity index (χ0) is 25.0. The fourth-order valence-corrected chi connectivity index (χ4v) is 4.38. The Bertz CT molecular complexity index is 1120. The molecule has 0 radical (unpaired) electrons. The summed E-state index contributed by atoms with van der Waals surface area (Å²) in [6, 6.07) is 10.5. The van der Waals surface area contributed by atoms with Crippen LogP contribution in [0.4, 0.5) is 5.69 Å². The molecule has 1 saturated heterocycles. The average molecular weight is 466 g/mol. The Kier molecular flexibility index (Phi) is 7.83. The number of Topliss-reactive ketones (excluding diaryl/α,β-unsaturated/α-hetero) is 1. The van der Waals surface area contributed by atoms with Gasteiger partial charge in [-0.25, -0.2) is 0 Å². The van der Waals surface area contributed by atoms with E-state index in [-0.39, 0.29) is 17.0 Å². The smallest absolute Gasteiger partial charge is 0.295 e. The zero-order valence-corrected chi connectivity index (χ0v) is 20.1. The molecule has 8 nitrogen and oxygen atoms in total. The van der Waals surface area contributed by atoms with Crippen LogP contribution in [-0.4, -0.2) is 57.7 Å². The van der Waals surface area contributed by atoms with Gasteiger partial charge in [0.05, 0.1) is 16.5 Å². The first-order valence-electron chi connectivity index (χ1n) is 11.5. The van der Waals surface area contributed by atoms with Crippen molar-refractivity contribution in [1.29, 1.82) is 0 Å². The second-order valence-corrected chi connectivity index (χ2v) is 8.54. The number of hydrogen-bond acceptors (Lipinski definition) is 6. The van der Waals surface area contributed by atoms with Crippen LogP contribution in [0.2, 0.25) is 0 Å². The molecule has 1 N–H and O–H groups in total. The molecule has 0 aliphatic carbocycles. The third-order valence-corrected chi connectivity index (χ3v) is 6.38. The average Bonchev–Trinajstić information content (AvgIpc) is 3.08. The monoisotopic (exact) mass is 465 g/mol. The number of aryl methyl sites for hydroxylation is 2. The maximum Gasteiger partial charge on any atom is 0.295 e. The maximum atomic E-state index is 13.2. The number of amides is 1. The number of aliphatic hydroxyl groups is 1. The molecular formula is C26H31N3O5. The van der Waals surface area contributed by atoms with Crippen molar-refractivity contribution in [3.05, 3.63) is 80.4 Å². The van der Waals surface area contributed by atoms with Crippen molar-refractivity contribution in [1.82, 2.24) is 9.80 Å². The van der Waals surface area contributed by atoms with E-state index in [1.807, 2.05) is 26.0 Å². The molecule has 0 bridgehead atoms. The van der Waals surface area contributed by atoms with Crippen LogP contribution in [0, 0.1) is 24.0 Å². The van der Waals surface area contributed by atoms with Gasteiger partial charge >= 0.3 is 0 Å². The van der Waals surface area contributed by atoms with E-state index in [0.717, 1.165) is 30.8 Å². The van der Waals surface area contributed by atoms with E-state index in [1.165, 1.54) is 17.0 Å². The summed E-state index contributed by atoms with van der Waals surface area (Å²) in [4.78, 5) is 40.6. The highest BCUT2D eigenvalue weighted by atomic mass is 16.6. The first-order valence-corrected chi connectivity index (χ1v) is 11.5. The number of non-ortho nitro benzene ring substituents is 1. The molecule has 1 atom stereocenters. The number of carbonyl (C=O) groups excluding carboxylic acids is 2. The molecule has 34 heavy (non-hydrogen) atoms. The number of ketones is 1. The predicted molar refractivity (Wildman–Crippen MR) is 130 cm³/mol. The number of hydrogen-bond donors (Lipinski definition) is 1. The molecule has 2 aromatic rings. The van der Waals surface area contributed by atoms with Crippen LogP contribution < -0.4 is 0 Å². The summed E-state index contributed by atoms with van der Waals surface area (Å²) in [5, 5.41) is 22.4. The van der Waals surface area contributed by atoms with Gasteiger partial charge in [0.15, 0.2) is 0 Å². The number of benzene rings is 2. The van der Waals surface area contributed by atoms with Gasteiger partial charge in [0.1, 0.15) is 5.76 Å². The molecule has 0 aromatic heterocycles. The van der Waals surface area contributed by atoms with Gasteiger partial charge in [0.25, 0.3) is 17.4 Å². The number of aliphatic hydroxyl groups excluding tert-OH is 1. The quantitative estimate of drug-likeness (QED) is 0.194. The minimum atomic E-state index is -0.822. The lowest BCUT2D eigenvalue weighted by Gasteiger charge is -2.27. The van der Waals surface area contributed by atoms with Gasteiger partial charge in [0.2, 0.25) is 0 Å². The third-order valence-electron chi connectivity index (χ3n) is 6.38. The van der Waals surface area contributed by atoms with Gasteiger partial charge in [-0.15, -0.1) is 0 Å². The molecule has 1 heterocycles. The number of nitro benzene ring substituents is 1. The minimum Gasteiger partial charge on any atom is -0.507 e. The Morgan fingerprint density at radius 1 is 1.09 bits per heavy atom. The highest BCUT2D eigenvalue weighted by molar-refractivity contribution is 6.46. The summed E-state index contributed by atoms with van der Waals surface area (Å²) < 4.78 is 0. The molecule has 1 aliphatic heterocycles. The lowest BCUT2D eigenvalue weighted by atomic mass is 9.93. The van der Waals surface area contributed by atoms with Crippen molar-refractivity contribution in [3.8, 4) is 0 Å². The van der Waals surface area contributed by atoms with Crippen molar-refractivity contribution in [2.24, 2.45) is 0 Å². The number of nitro groups is 1. The molecular weight excluding hydrogens is 434 g/mol. The summed E-state index contributed by atoms with van der Waals surface area (Å²) in [7, 11) is 0. The lowest BCUT2D eigenvalue weighted by Crippen LogP contribution is -2.33. The van der Waals surface area contributed by atoms with E-state index in [4.69, 9.17) is 0 Å². The molecule has 8 heteroatoms. The fraction of sp³-hybridized carbons (Fsp3) is 0.385. The highest BCUT2D eigenvalue weighted by Crippen LogP contribution is 2.40. The van der Waals surface area contributed by atoms with Crippen LogP contribution in [0.5, 0.6) is 0 Å². The first-order chi connectivity index (χ1) is 16.2. The van der Waals surface area contributed by atoms with Gasteiger partial charge < -0.3 is 14.9 Å². The van der Waals surface area contributed by atoms with Gasteiger partial charge in [-0.3, -0.25) is 19.7 Å². The van der Waals surface area contributed by atoms with Crippen LogP contribution in [0.25, 0.3) is 5.76 Å². The lowest BCUT2D eigenvalue weighted by molar-refractivity contribution is -0.384. The molecule has 0 saturated carbocycles. The number of carbonyl (C=O) groups is 2. The van der Waals surface area contributed by atoms with Gasteiger partial charge in [-0.1, -0.05) is 31.5 Å². The van der Waals surface area contributed by atoms with Crippen molar-refractivity contribution in [3.63, 3.8) is 0 Å². The second kappa shape index (κ2) is 10.6. The highest BCUT2D eigenvalue weighted by Gasteiger charge is 2.46. The second-order valence-electron chi connectivity index (χ2n) is 8.54. The molecule has 2 aromatic carbocycles. The van der Waals surface area contributed by atoms with Crippen LogP contribution in [0.1, 0.15) is 48.6 Å². The van der Waals surface area contributed by atoms with Crippen molar-refractivity contribution in [2.75, 3.05) is 26.2 Å². The van der Waals surface area contributed by atoms with Gasteiger partial charge in [-0.05, 0) is 69.2 Å². The van der Waals surface area contributed by atoms with Crippen molar-refractivity contribution < 1.29 is 19.6 Å². The summed E-state index contributed by atoms with van der Waals surface area (Å²) in [5.74, 6) is -1.64. The van der Waals surface area contributed by atoms with Crippen LogP contribution in [-0.2, 0) is 9.59 Å². The van der Waals surface area contributed by atoms with E-state index in [9.17, 15) is 24.8 Å². The molecule has 180 valence electrons. The Morgan fingerprint density at radius 2 is 1.74 bits per heavy atom. The molecule has 3 rings (SSSR count). The Labute approximate surface area is 199 Å². The van der Waals surface area contributed by atoms with Crippen molar-refractivity contribution in [2.45, 2.75) is 40.2 Å². The van der Waals surface area contributed by atoms with Gasteiger partial charge in [-0.2, -0.15) is 0 Å². The standard InChI is InChI=1S/C26H31N3O5/c1-5-27(6-2)14-7-15-28-23(19-10-12-20(13-11-19)29(33)34)22(25(31)26(28)32)24(30)21-16-17(3)8-9-18(21)4/h8-13,16,23,30H,5-7,14-15H2,1-4H3/b24-22+. The molecule has 0 spiro atoms. The SMILES string of the molecule is CCN(CC)CCCN1C(=O)C(=O)/C(=C(/O)c2cc(C)ccc2C)C1c1ccc([N+](=O)[O-])cc1. The number of nitrogens with zero attached hydrogens (tertiary/aromatic N) is 3. The normalized spacial score (nSPS) is 17.6. The minimum absolute atomic E-state index is 0.00962. The molecule has 1 amide bonds. The molecule has 1 fully saturated rings. The van der Waals surface area contributed by atoms with E-state index in [2.05, 4.69) is 18.7 Å². The number of rotatable bonds is 9. The van der Waals surface area contributed by atoms with E-state index in [1.54, 1.807) is 18.2 Å². The summed E-state index contributed by atoms with van der Waals surface area (Å²) in [5.41, 5.74) is 2.64. The molecule has 1 aliphatic rings. The Morgan fingerprint density at radius 3 is 2.32 bits per heavy atom. The first kappa shape index (κ1) is 25.1. The van der Waals surface area contributed by atoms with Gasteiger partial charge in [0, 0.05) is 24.2 Å². The topological polar surface area (TPSA) is 104 Å². The van der Waals surface area contributed by atoms with Crippen LogP contribution in [0.3, 0.4) is 0 Å². The Balaban J connectivity index is 2.09. The van der Waals surface area contributed by atoms with E-state index in [0.29, 0.717) is 24.1 Å². The zero-order valence-electron chi connectivity index (χ0n) is 20.1. The predicted octanol–water partition coefficient (Wildman–Crippen LogP) is 4.37. The number of likely N-dealkylation sites (tertiary alicyclic amines) is 1. The summed E-state index contributed by atoms with van der Waals surface area (Å²) in [6.07, 6.45) is 0.654. The van der Waals surface area contributed by atoms with E-state index >= 15 is 0 Å². The van der Waals surface area contributed by atoms with Crippen LogP contribution >= 0.6 is 0 Å². The Hall–Kier alpha value is -3.52. The van der Waals surface area contributed by atoms with Crippen molar-refractivity contribution >= 4 is 23.1 Å². The fourth-order valence-electron chi connectivity index (χ4n) is 4.38. The summed E-state index contributed by atoms with van der Waals surface area (Å²) in [6.45, 7) is 10.7. The third kappa shape index (κ3) is 5.02. The van der Waals surface area contributed by atoms with E-state index < -0.39 is 22.7 Å².